The molecule has 0 saturated heterocycles. The molecule has 0 bridgehead atoms. The highest BCUT2D eigenvalue weighted by Crippen LogP contribution is 2.32. The van der Waals surface area contributed by atoms with E-state index in [1.54, 1.807) is 30.5 Å². The van der Waals surface area contributed by atoms with E-state index in [9.17, 15) is 4.39 Å². The van der Waals surface area contributed by atoms with Gasteiger partial charge in [-0.3, -0.25) is 0 Å². The summed E-state index contributed by atoms with van der Waals surface area (Å²) in [4.78, 5) is 5.00. The average molecular weight is 369 g/mol. The molecule has 0 aliphatic rings. The molecule has 1 heterocycles. The summed E-state index contributed by atoms with van der Waals surface area (Å²) in [5.74, 6) is 0.496. The summed E-state index contributed by atoms with van der Waals surface area (Å²) >= 11 is 13.4. The Bertz CT molecular complexity index is 825. The first-order chi connectivity index (χ1) is 11.1. The van der Waals surface area contributed by atoms with E-state index in [1.165, 1.54) is 23.5 Å². The molecule has 0 aliphatic heterocycles. The SMILES string of the molecule is Fc1cccc(Oc2ccc(NCc3cnc(Cl)s3)cc2Cl)c1. The van der Waals surface area contributed by atoms with E-state index < -0.39 is 0 Å². The summed E-state index contributed by atoms with van der Waals surface area (Å²) in [6, 6.07) is 11.2. The molecule has 2 aromatic carbocycles. The molecule has 7 heteroatoms. The van der Waals surface area contributed by atoms with Crippen LogP contribution >= 0.6 is 34.5 Å². The molecule has 3 nitrogen and oxygen atoms in total. The lowest BCUT2D eigenvalue weighted by Gasteiger charge is -2.10. The molecule has 0 atom stereocenters. The number of hydrogen-bond donors (Lipinski definition) is 1. The molecule has 0 spiro atoms. The van der Waals surface area contributed by atoms with Crippen LogP contribution in [0.4, 0.5) is 10.1 Å². The van der Waals surface area contributed by atoms with Crippen LogP contribution in [0.25, 0.3) is 0 Å². The van der Waals surface area contributed by atoms with Crippen LogP contribution in [0.2, 0.25) is 9.49 Å². The van der Waals surface area contributed by atoms with Gasteiger partial charge in [-0.05, 0) is 30.3 Å². The molecule has 0 amide bonds. The largest absolute Gasteiger partial charge is 0.456 e. The van der Waals surface area contributed by atoms with Crippen LogP contribution in [0.1, 0.15) is 4.88 Å². The highest BCUT2D eigenvalue weighted by atomic mass is 35.5. The van der Waals surface area contributed by atoms with Crippen LogP contribution in [0.3, 0.4) is 0 Å². The lowest BCUT2D eigenvalue weighted by molar-refractivity contribution is 0.477. The average Bonchev–Trinajstić information content (AvgIpc) is 2.93. The monoisotopic (exact) mass is 368 g/mol. The van der Waals surface area contributed by atoms with Crippen molar-refractivity contribution in [2.75, 3.05) is 5.32 Å². The predicted octanol–water partition coefficient (Wildman–Crippen LogP) is 5.99. The summed E-state index contributed by atoms with van der Waals surface area (Å²) in [5.41, 5.74) is 0.839. The Balaban J connectivity index is 1.68. The Kier molecular flexibility index (Phi) is 5.00. The Hall–Kier alpha value is -1.82. The third-order valence-electron chi connectivity index (χ3n) is 2.95. The van der Waals surface area contributed by atoms with Gasteiger partial charge in [-0.1, -0.05) is 29.3 Å². The van der Waals surface area contributed by atoms with Gasteiger partial charge in [0.1, 0.15) is 17.3 Å². The molecule has 0 aliphatic carbocycles. The molecule has 0 radical (unpaired) electrons. The smallest absolute Gasteiger partial charge is 0.183 e. The number of thiazole rings is 1. The maximum absolute atomic E-state index is 13.2. The fourth-order valence-corrected chi connectivity index (χ4v) is 3.04. The molecular weight excluding hydrogens is 358 g/mol. The second-order valence-electron chi connectivity index (χ2n) is 4.64. The minimum Gasteiger partial charge on any atom is -0.456 e. The van der Waals surface area contributed by atoms with Crippen molar-refractivity contribution in [1.82, 2.24) is 4.98 Å². The van der Waals surface area contributed by atoms with E-state index in [4.69, 9.17) is 27.9 Å². The number of ether oxygens (including phenoxy) is 1. The second kappa shape index (κ2) is 7.17. The van der Waals surface area contributed by atoms with Crippen molar-refractivity contribution in [2.24, 2.45) is 0 Å². The maximum Gasteiger partial charge on any atom is 0.183 e. The van der Waals surface area contributed by atoms with Gasteiger partial charge < -0.3 is 10.1 Å². The van der Waals surface area contributed by atoms with Crippen molar-refractivity contribution in [1.29, 1.82) is 0 Å². The van der Waals surface area contributed by atoms with E-state index >= 15 is 0 Å². The number of anilines is 1. The number of nitrogens with one attached hydrogen (secondary N) is 1. The molecule has 23 heavy (non-hydrogen) atoms. The minimum absolute atomic E-state index is 0.361. The van der Waals surface area contributed by atoms with Gasteiger partial charge in [-0.25, -0.2) is 9.37 Å². The summed E-state index contributed by atoms with van der Waals surface area (Å²) in [5, 5.41) is 3.66. The molecule has 3 aromatic rings. The first kappa shape index (κ1) is 16.1. The normalized spacial score (nSPS) is 10.6. The number of nitrogens with zero attached hydrogens (tertiary/aromatic N) is 1. The predicted molar refractivity (Wildman–Crippen MR) is 92.4 cm³/mol. The van der Waals surface area contributed by atoms with Gasteiger partial charge in [-0.15, -0.1) is 11.3 Å². The van der Waals surface area contributed by atoms with E-state index in [1.807, 2.05) is 6.07 Å². The molecular formula is C16H11Cl2FN2OS. The van der Waals surface area contributed by atoms with Crippen molar-refractivity contribution in [3.63, 3.8) is 0 Å². The Morgan fingerprint density at radius 3 is 2.74 bits per heavy atom. The van der Waals surface area contributed by atoms with Gasteiger partial charge in [-0.2, -0.15) is 0 Å². The number of rotatable bonds is 5. The van der Waals surface area contributed by atoms with Gasteiger partial charge in [0.25, 0.3) is 0 Å². The number of aromatic nitrogens is 1. The lowest BCUT2D eigenvalue weighted by atomic mass is 10.3. The minimum atomic E-state index is -0.361. The Morgan fingerprint density at radius 2 is 2.04 bits per heavy atom. The van der Waals surface area contributed by atoms with Gasteiger partial charge in [0.05, 0.1) is 11.6 Å². The zero-order valence-electron chi connectivity index (χ0n) is 11.7. The topological polar surface area (TPSA) is 34.1 Å². The third kappa shape index (κ3) is 4.34. The number of halogens is 3. The Labute approximate surface area is 146 Å². The molecule has 0 unspecified atom stereocenters. The van der Waals surface area contributed by atoms with E-state index in [-0.39, 0.29) is 5.82 Å². The highest BCUT2D eigenvalue weighted by molar-refractivity contribution is 7.15. The highest BCUT2D eigenvalue weighted by Gasteiger charge is 2.06. The van der Waals surface area contributed by atoms with Crippen LogP contribution < -0.4 is 10.1 Å². The van der Waals surface area contributed by atoms with Crippen LogP contribution in [-0.2, 0) is 6.54 Å². The van der Waals surface area contributed by atoms with Crippen molar-refractivity contribution in [3.05, 3.63) is 68.8 Å². The molecule has 0 fully saturated rings. The number of hydrogen-bond acceptors (Lipinski definition) is 4. The van der Waals surface area contributed by atoms with Gasteiger partial charge >= 0.3 is 0 Å². The van der Waals surface area contributed by atoms with Gasteiger partial charge in [0, 0.05) is 22.8 Å². The summed E-state index contributed by atoms with van der Waals surface area (Å²) < 4.78 is 19.3. The van der Waals surface area contributed by atoms with Crippen LogP contribution in [0.5, 0.6) is 11.5 Å². The zero-order valence-corrected chi connectivity index (χ0v) is 14.1. The van der Waals surface area contributed by atoms with Crippen molar-refractivity contribution in [2.45, 2.75) is 6.54 Å². The third-order valence-corrected chi connectivity index (χ3v) is 4.36. The molecule has 0 saturated carbocycles. The maximum atomic E-state index is 13.2. The summed E-state index contributed by atoms with van der Waals surface area (Å²) in [6.45, 7) is 0.602. The number of benzene rings is 2. The van der Waals surface area contributed by atoms with Crippen LogP contribution in [0.15, 0.2) is 48.7 Å². The first-order valence-electron chi connectivity index (χ1n) is 6.67. The molecule has 3 rings (SSSR count). The standard InChI is InChI=1S/C16H11Cl2FN2OS/c17-14-7-11(20-8-13-9-21-16(18)23-13)4-5-15(14)22-12-3-1-2-10(19)6-12/h1-7,9,20H,8H2. The first-order valence-corrected chi connectivity index (χ1v) is 8.24. The van der Waals surface area contributed by atoms with Crippen molar-refractivity contribution >= 4 is 40.2 Å². The fraction of sp³-hybridized carbons (Fsp3) is 0.0625. The fourth-order valence-electron chi connectivity index (χ4n) is 1.91. The molecule has 118 valence electrons. The quantitative estimate of drug-likeness (QED) is 0.600. The van der Waals surface area contributed by atoms with E-state index in [2.05, 4.69) is 10.3 Å². The second-order valence-corrected chi connectivity index (χ2v) is 6.74. The zero-order chi connectivity index (χ0) is 16.2. The Morgan fingerprint density at radius 1 is 1.17 bits per heavy atom. The van der Waals surface area contributed by atoms with Gasteiger partial charge in [0.15, 0.2) is 4.47 Å². The lowest BCUT2D eigenvalue weighted by Crippen LogP contribution is -1.97. The van der Waals surface area contributed by atoms with E-state index in [0.717, 1.165) is 10.6 Å². The van der Waals surface area contributed by atoms with Crippen molar-refractivity contribution < 1.29 is 9.13 Å². The molecule has 1 aromatic heterocycles. The van der Waals surface area contributed by atoms with E-state index in [0.29, 0.717) is 27.5 Å². The van der Waals surface area contributed by atoms with Crippen LogP contribution in [-0.4, -0.2) is 4.98 Å². The van der Waals surface area contributed by atoms with Crippen LogP contribution in [0, 0.1) is 5.82 Å². The molecule has 1 N–H and O–H groups in total. The summed E-state index contributed by atoms with van der Waals surface area (Å²) in [7, 11) is 0. The van der Waals surface area contributed by atoms with Crippen molar-refractivity contribution in [3.8, 4) is 11.5 Å². The van der Waals surface area contributed by atoms with Gasteiger partial charge in [0.2, 0.25) is 0 Å². The summed E-state index contributed by atoms with van der Waals surface area (Å²) in [6.07, 6.45) is 1.73.